The maximum Gasteiger partial charge on any atom is 0.451 e. The van der Waals surface area contributed by atoms with Crippen molar-refractivity contribution in [3.05, 3.63) is 105 Å². The smallest absolute Gasteiger partial charge is 0.451 e. The average Bonchev–Trinajstić information content (AvgIpc) is 3.59. The highest BCUT2D eigenvalue weighted by molar-refractivity contribution is 6.30. The topological polar surface area (TPSA) is 128 Å². The van der Waals surface area contributed by atoms with Crippen LogP contribution in [0.25, 0.3) is 16.6 Å². The molecule has 0 N–H and O–H groups in total. The first-order valence-electron chi connectivity index (χ1n) is 17.8. The Morgan fingerprint density at radius 1 is 0.909 bits per heavy atom. The molecule has 0 bridgehead atoms. The molecule has 0 unspecified atom stereocenters. The van der Waals surface area contributed by atoms with E-state index in [2.05, 4.69) is 15.1 Å². The van der Waals surface area contributed by atoms with Crippen LogP contribution in [0.1, 0.15) is 41.7 Å². The van der Waals surface area contributed by atoms with Crippen LogP contribution in [0.4, 0.5) is 13.2 Å². The van der Waals surface area contributed by atoms with Gasteiger partial charge in [-0.05, 0) is 68.4 Å². The Bertz CT molecular complexity index is 2270. The van der Waals surface area contributed by atoms with E-state index in [0.29, 0.717) is 65.1 Å². The van der Waals surface area contributed by atoms with E-state index >= 15 is 0 Å². The van der Waals surface area contributed by atoms with E-state index in [9.17, 15) is 27.6 Å². The van der Waals surface area contributed by atoms with Crippen LogP contribution in [0.3, 0.4) is 0 Å². The van der Waals surface area contributed by atoms with Crippen molar-refractivity contribution in [3.63, 3.8) is 0 Å². The number of alkyl halides is 3. The lowest BCUT2D eigenvalue weighted by atomic mass is 10.1. The van der Waals surface area contributed by atoms with Crippen molar-refractivity contribution in [1.29, 1.82) is 0 Å². The molecule has 2 aliphatic rings. The number of halogens is 4. The number of ketones is 1. The average molecular weight is 779 g/mol. The van der Waals surface area contributed by atoms with Gasteiger partial charge in [0.25, 0.3) is 11.5 Å². The number of hydrogen-bond donors (Lipinski definition) is 0. The normalized spacial score (nSPS) is 15.4. The van der Waals surface area contributed by atoms with Crippen LogP contribution in [-0.2, 0) is 30.6 Å². The standard InChI is InChI=1S/C38H38ClF3N8O5/c1-24(2)55-32-12-7-25(31(51)20-47-15-18-49-34(22-47)44-45-37(49)38(40,41)42)19-30(32)50-33(43-29-6-4-3-5-28(29)36(50)53)21-46-13-16-48(17-14-46)35(52)23-54-27-10-8-26(39)9-11-27/h3-12,19,24H,13-18,20-23H2,1-2H3. The van der Waals surface area contributed by atoms with Gasteiger partial charge < -0.3 is 18.9 Å². The Hall–Kier alpha value is -5.32. The maximum absolute atomic E-state index is 14.4. The van der Waals surface area contributed by atoms with Crippen LogP contribution in [0.15, 0.2) is 71.5 Å². The largest absolute Gasteiger partial charge is 0.489 e. The number of rotatable bonds is 11. The summed E-state index contributed by atoms with van der Waals surface area (Å²) in [4.78, 5) is 51.6. The number of nitrogens with zero attached hydrogens (tertiary/aromatic N) is 8. The first kappa shape index (κ1) is 38.0. The molecule has 288 valence electrons. The van der Waals surface area contributed by atoms with Gasteiger partial charge in [-0.2, -0.15) is 13.2 Å². The molecule has 1 saturated heterocycles. The molecule has 1 amide bonds. The number of fused-ring (bicyclic) bond motifs is 2. The number of amides is 1. The van der Waals surface area contributed by atoms with Gasteiger partial charge in [0.15, 0.2) is 12.4 Å². The maximum atomic E-state index is 14.4. The van der Waals surface area contributed by atoms with Crippen LogP contribution in [-0.4, -0.2) is 103 Å². The van der Waals surface area contributed by atoms with E-state index in [1.165, 1.54) is 4.57 Å². The number of aromatic nitrogens is 5. The first-order chi connectivity index (χ1) is 26.3. The van der Waals surface area contributed by atoms with E-state index in [0.717, 1.165) is 4.57 Å². The van der Waals surface area contributed by atoms with Gasteiger partial charge in [-0.25, -0.2) is 4.98 Å². The highest BCUT2D eigenvalue weighted by Crippen LogP contribution is 2.30. The Morgan fingerprint density at radius 2 is 1.64 bits per heavy atom. The predicted octanol–water partition coefficient (Wildman–Crippen LogP) is 4.86. The van der Waals surface area contributed by atoms with Gasteiger partial charge in [0.05, 0.1) is 42.3 Å². The summed E-state index contributed by atoms with van der Waals surface area (Å²) in [5.74, 6) is -0.0436. The summed E-state index contributed by atoms with van der Waals surface area (Å²) < 4.78 is 54.5. The van der Waals surface area contributed by atoms with Crippen LogP contribution < -0.4 is 15.0 Å². The summed E-state index contributed by atoms with van der Waals surface area (Å²) in [5.41, 5.74) is 0.784. The minimum atomic E-state index is -4.63. The zero-order chi connectivity index (χ0) is 38.9. The molecular formula is C38H38ClF3N8O5. The van der Waals surface area contributed by atoms with Crippen molar-refractivity contribution in [3.8, 4) is 17.2 Å². The summed E-state index contributed by atoms with van der Waals surface area (Å²) in [6.45, 7) is 5.85. The summed E-state index contributed by atoms with van der Waals surface area (Å²) in [6.07, 6.45) is -4.90. The van der Waals surface area contributed by atoms with Gasteiger partial charge in [-0.1, -0.05) is 23.7 Å². The van der Waals surface area contributed by atoms with Crippen molar-refractivity contribution < 1.29 is 32.2 Å². The third-order valence-electron chi connectivity index (χ3n) is 9.45. The van der Waals surface area contributed by atoms with E-state index in [4.69, 9.17) is 26.1 Å². The second kappa shape index (κ2) is 15.8. The highest BCUT2D eigenvalue weighted by Gasteiger charge is 2.39. The summed E-state index contributed by atoms with van der Waals surface area (Å²) in [6, 6.07) is 18.7. The highest BCUT2D eigenvalue weighted by atomic mass is 35.5. The molecule has 0 saturated carbocycles. The lowest BCUT2D eigenvalue weighted by Crippen LogP contribution is -2.50. The van der Waals surface area contributed by atoms with E-state index in [1.54, 1.807) is 76.5 Å². The van der Waals surface area contributed by atoms with Crippen LogP contribution in [0, 0.1) is 0 Å². The minimum absolute atomic E-state index is 0.0159. The van der Waals surface area contributed by atoms with Gasteiger partial charge in [0, 0.05) is 49.9 Å². The van der Waals surface area contributed by atoms with Gasteiger partial charge in [0.2, 0.25) is 5.82 Å². The van der Waals surface area contributed by atoms with Crippen molar-refractivity contribution >= 4 is 34.2 Å². The Kier molecular flexibility index (Phi) is 10.9. The Balaban J connectivity index is 1.13. The molecule has 0 spiro atoms. The molecule has 3 aromatic carbocycles. The number of benzene rings is 3. The molecule has 0 radical (unpaired) electrons. The molecule has 0 atom stereocenters. The van der Waals surface area contributed by atoms with Crippen molar-refractivity contribution in [2.75, 3.05) is 45.9 Å². The molecule has 55 heavy (non-hydrogen) atoms. The molecule has 2 aromatic heterocycles. The van der Waals surface area contributed by atoms with Gasteiger partial charge in [0.1, 0.15) is 23.1 Å². The number of Topliss-reactive ketones (excluding diaryl/α,β-unsaturated/α-hetero) is 1. The van der Waals surface area contributed by atoms with Gasteiger partial charge >= 0.3 is 6.18 Å². The molecule has 4 heterocycles. The predicted molar refractivity (Wildman–Crippen MR) is 197 cm³/mol. The number of ether oxygens (including phenoxy) is 2. The fourth-order valence-electron chi connectivity index (χ4n) is 6.72. The van der Waals surface area contributed by atoms with E-state index in [-0.39, 0.29) is 74.1 Å². The number of piperazine rings is 1. The Labute approximate surface area is 318 Å². The fourth-order valence-corrected chi connectivity index (χ4v) is 6.85. The number of para-hydroxylation sites is 1. The number of hydrogen-bond acceptors (Lipinski definition) is 10. The van der Waals surface area contributed by atoms with Crippen molar-refractivity contribution in [1.82, 2.24) is 39.0 Å². The molecule has 0 aliphatic carbocycles. The van der Waals surface area contributed by atoms with E-state index < -0.39 is 12.0 Å². The fraction of sp³-hybridized carbons (Fsp3) is 0.368. The van der Waals surface area contributed by atoms with Gasteiger partial charge in [-0.3, -0.25) is 28.8 Å². The van der Waals surface area contributed by atoms with Crippen molar-refractivity contribution in [2.24, 2.45) is 0 Å². The zero-order valence-corrected chi connectivity index (χ0v) is 30.9. The Morgan fingerprint density at radius 3 is 2.36 bits per heavy atom. The summed E-state index contributed by atoms with van der Waals surface area (Å²) >= 11 is 5.94. The van der Waals surface area contributed by atoms with Crippen LogP contribution in [0.5, 0.6) is 11.5 Å². The SMILES string of the molecule is CC(C)Oc1ccc(C(=O)CN2CCn3c(nnc3C(F)(F)F)C2)cc1-n1c(CN2CCN(C(=O)COc3ccc(Cl)cc3)CC2)nc2ccccc2c1=O. The van der Waals surface area contributed by atoms with Crippen molar-refractivity contribution in [2.45, 2.75) is 45.8 Å². The van der Waals surface area contributed by atoms with Gasteiger partial charge in [-0.15, -0.1) is 10.2 Å². The molecule has 2 aliphatic heterocycles. The lowest BCUT2D eigenvalue weighted by molar-refractivity contribution is -0.148. The molecule has 1 fully saturated rings. The number of carbonyl (C=O) groups excluding carboxylic acids is 2. The third kappa shape index (κ3) is 8.50. The third-order valence-corrected chi connectivity index (χ3v) is 9.70. The van der Waals surface area contributed by atoms with Crippen LogP contribution in [0.2, 0.25) is 5.02 Å². The lowest BCUT2D eigenvalue weighted by Gasteiger charge is -2.34. The molecular weight excluding hydrogens is 741 g/mol. The quantitative estimate of drug-likeness (QED) is 0.172. The zero-order valence-electron chi connectivity index (χ0n) is 30.1. The minimum Gasteiger partial charge on any atom is -0.489 e. The van der Waals surface area contributed by atoms with E-state index in [1.807, 2.05) is 13.8 Å². The number of carbonyl (C=O) groups is 2. The summed E-state index contributed by atoms with van der Waals surface area (Å²) in [7, 11) is 0. The summed E-state index contributed by atoms with van der Waals surface area (Å²) in [5, 5.41) is 8.00. The second-order valence-electron chi connectivity index (χ2n) is 13.7. The monoisotopic (exact) mass is 778 g/mol. The molecule has 13 nitrogen and oxygen atoms in total. The first-order valence-corrected chi connectivity index (χ1v) is 18.2. The molecule has 5 aromatic rings. The molecule has 7 rings (SSSR count). The second-order valence-corrected chi connectivity index (χ2v) is 14.1. The van der Waals surface area contributed by atoms with Crippen LogP contribution >= 0.6 is 11.6 Å². The molecule has 17 heteroatoms.